The molecule has 1 aromatic carbocycles. The Bertz CT molecular complexity index is 531. The molecular formula is C16H14O4. The minimum Gasteiger partial charge on any atom is -0.477 e. The van der Waals surface area contributed by atoms with E-state index in [-0.39, 0.29) is 26.4 Å². The van der Waals surface area contributed by atoms with Crippen molar-refractivity contribution in [2.24, 2.45) is 0 Å². The van der Waals surface area contributed by atoms with Crippen molar-refractivity contribution in [1.29, 1.82) is 0 Å². The second-order valence-electron chi connectivity index (χ2n) is 3.56. The van der Waals surface area contributed by atoms with Crippen molar-refractivity contribution in [3.63, 3.8) is 0 Å². The predicted molar refractivity (Wildman–Crippen MR) is 75.3 cm³/mol. The summed E-state index contributed by atoms with van der Waals surface area (Å²) in [6.07, 6.45) is 15.5. The minimum atomic E-state index is -0.186. The maximum Gasteiger partial charge on any atom is 0.204 e. The van der Waals surface area contributed by atoms with Gasteiger partial charge in [0, 0.05) is 0 Å². The summed E-state index contributed by atoms with van der Waals surface area (Å²) in [5.41, 5.74) is 0.581. The molecule has 4 nitrogen and oxygen atoms in total. The van der Waals surface area contributed by atoms with E-state index in [1.165, 1.54) is 0 Å². The lowest BCUT2D eigenvalue weighted by atomic mass is 10.2. The molecule has 0 aliphatic carbocycles. The third-order valence-electron chi connectivity index (χ3n) is 2.18. The number of ether oxygens (including phenoxy) is 3. The van der Waals surface area contributed by atoms with Crippen LogP contribution >= 0.6 is 0 Å². The highest BCUT2D eigenvalue weighted by atomic mass is 16.5. The zero-order valence-electron chi connectivity index (χ0n) is 10.9. The van der Waals surface area contributed by atoms with Gasteiger partial charge in [0.05, 0.1) is 6.61 Å². The van der Waals surface area contributed by atoms with E-state index in [2.05, 4.69) is 17.8 Å². The van der Waals surface area contributed by atoms with E-state index < -0.39 is 0 Å². The molecule has 0 spiro atoms. The first-order chi connectivity index (χ1) is 9.76. The standard InChI is InChI=1S/C16H14O4/c1-4-7-18-14-10-13(12-17)11-15(19-8-5-2)16(14)20-9-6-3/h1-3,10-11,17H,7-9,12H2. The second-order valence-corrected chi connectivity index (χ2v) is 3.56. The van der Waals surface area contributed by atoms with Gasteiger partial charge >= 0.3 is 0 Å². The number of aliphatic hydroxyl groups is 1. The van der Waals surface area contributed by atoms with Gasteiger partial charge in [0.2, 0.25) is 5.75 Å². The van der Waals surface area contributed by atoms with E-state index in [1.54, 1.807) is 12.1 Å². The Labute approximate surface area is 118 Å². The van der Waals surface area contributed by atoms with Crippen molar-refractivity contribution in [2.75, 3.05) is 19.8 Å². The lowest BCUT2D eigenvalue weighted by Gasteiger charge is -2.15. The van der Waals surface area contributed by atoms with Crippen molar-refractivity contribution in [3.8, 4) is 54.3 Å². The molecule has 4 heteroatoms. The van der Waals surface area contributed by atoms with Gasteiger partial charge in [-0.15, -0.1) is 19.3 Å². The van der Waals surface area contributed by atoms with Gasteiger partial charge in [-0.2, -0.15) is 0 Å². The maximum absolute atomic E-state index is 9.24. The van der Waals surface area contributed by atoms with Crippen LogP contribution < -0.4 is 14.2 Å². The Balaban J connectivity index is 3.18. The van der Waals surface area contributed by atoms with Crippen LogP contribution in [0.15, 0.2) is 12.1 Å². The zero-order valence-corrected chi connectivity index (χ0v) is 10.9. The number of hydrogen-bond donors (Lipinski definition) is 1. The molecule has 0 heterocycles. The lowest BCUT2D eigenvalue weighted by molar-refractivity contribution is 0.270. The molecule has 0 bridgehead atoms. The van der Waals surface area contributed by atoms with Gasteiger partial charge in [-0.25, -0.2) is 0 Å². The summed E-state index contributed by atoms with van der Waals surface area (Å²) in [6, 6.07) is 3.21. The van der Waals surface area contributed by atoms with Crippen LogP contribution in [0.3, 0.4) is 0 Å². The van der Waals surface area contributed by atoms with Gasteiger partial charge in [-0.05, 0) is 17.7 Å². The summed E-state index contributed by atoms with van der Waals surface area (Å²) >= 11 is 0. The second kappa shape index (κ2) is 8.38. The van der Waals surface area contributed by atoms with Crippen LogP contribution in [0.5, 0.6) is 17.2 Å². The van der Waals surface area contributed by atoms with Gasteiger partial charge in [0.25, 0.3) is 0 Å². The van der Waals surface area contributed by atoms with E-state index in [0.717, 1.165) is 0 Å². The highest BCUT2D eigenvalue weighted by Crippen LogP contribution is 2.39. The molecule has 0 saturated carbocycles. The van der Waals surface area contributed by atoms with Gasteiger partial charge in [0.15, 0.2) is 11.5 Å². The van der Waals surface area contributed by atoms with Crippen LogP contribution in [-0.2, 0) is 6.61 Å². The quantitative estimate of drug-likeness (QED) is 0.757. The maximum atomic E-state index is 9.24. The summed E-state index contributed by atoms with van der Waals surface area (Å²) in [4.78, 5) is 0. The van der Waals surface area contributed by atoms with E-state index in [0.29, 0.717) is 22.8 Å². The van der Waals surface area contributed by atoms with E-state index in [4.69, 9.17) is 33.5 Å². The predicted octanol–water partition coefficient (Wildman–Crippen LogP) is 1.21. The molecule has 1 aromatic rings. The molecule has 0 aliphatic heterocycles. The molecular weight excluding hydrogens is 256 g/mol. The fourth-order valence-corrected chi connectivity index (χ4v) is 1.43. The topological polar surface area (TPSA) is 47.9 Å². The molecule has 1 rings (SSSR count). The average Bonchev–Trinajstić information content (AvgIpc) is 2.48. The van der Waals surface area contributed by atoms with Crippen molar-refractivity contribution < 1.29 is 19.3 Å². The number of aliphatic hydroxyl groups excluding tert-OH is 1. The lowest BCUT2D eigenvalue weighted by Crippen LogP contribution is -2.05. The molecule has 0 saturated heterocycles. The van der Waals surface area contributed by atoms with Crippen molar-refractivity contribution in [1.82, 2.24) is 0 Å². The molecule has 0 fully saturated rings. The summed E-state index contributed by atoms with van der Waals surface area (Å²) in [6.45, 7) is -0.0444. The van der Waals surface area contributed by atoms with E-state index >= 15 is 0 Å². The highest BCUT2D eigenvalue weighted by molar-refractivity contribution is 5.54. The summed E-state index contributed by atoms with van der Waals surface area (Å²) in [5, 5.41) is 9.24. The van der Waals surface area contributed by atoms with Gasteiger partial charge < -0.3 is 19.3 Å². The van der Waals surface area contributed by atoms with Crippen molar-refractivity contribution in [3.05, 3.63) is 17.7 Å². The van der Waals surface area contributed by atoms with Crippen LogP contribution in [0.2, 0.25) is 0 Å². The SMILES string of the molecule is C#CCOc1cc(CO)cc(OCC#C)c1OCC#C. The van der Waals surface area contributed by atoms with Crippen LogP contribution in [0, 0.1) is 37.0 Å². The first-order valence-electron chi connectivity index (χ1n) is 5.73. The van der Waals surface area contributed by atoms with Gasteiger partial charge in [0.1, 0.15) is 19.8 Å². The van der Waals surface area contributed by atoms with Crippen molar-refractivity contribution in [2.45, 2.75) is 6.61 Å². The Morgan fingerprint density at radius 2 is 1.30 bits per heavy atom. The first-order valence-corrected chi connectivity index (χ1v) is 5.73. The van der Waals surface area contributed by atoms with Crippen molar-refractivity contribution >= 4 is 0 Å². The third kappa shape index (κ3) is 4.18. The fourth-order valence-electron chi connectivity index (χ4n) is 1.43. The van der Waals surface area contributed by atoms with Crippen LogP contribution in [0.1, 0.15) is 5.56 Å². The van der Waals surface area contributed by atoms with Crippen LogP contribution in [0.25, 0.3) is 0 Å². The molecule has 0 unspecified atom stereocenters. The zero-order chi connectivity index (χ0) is 14.8. The normalized spacial score (nSPS) is 8.90. The fraction of sp³-hybridized carbons (Fsp3) is 0.250. The number of hydrogen-bond acceptors (Lipinski definition) is 4. The smallest absolute Gasteiger partial charge is 0.204 e. The Morgan fingerprint density at radius 1 is 0.850 bits per heavy atom. The molecule has 1 N–H and O–H groups in total. The molecule has 0 radical (unpaired) electrons. The summed E-state index contributed by atoms with van der Waals surface area (Å²) in [5.74, 6) is 8.04. The van der Waals surface area contributed by atoms with E-state index in [1.807, 2.05) is 0 Å². The molecule has 0 amide bonds. The molecule has 0 aromatic heterocycles. The molecule has 0 atom stereocenters. The summed E-state index contributed by atoms with van der Waals surface area (Å²) in [7, 11) is 0. The molecule has 20 heavy (non-hydrogen) atoms. The Hall–Kier alpha value is -2.74. The molecule has 102 valence electrons. The Kier molecular flexibility index (Phi) is 6.42. The summed E-state index contributed by atoms with van der Waals surface area (Å²) < 4.78 is 16.2. The monoisotopic (exact) mass is 270 g/mol. The van der Waals surface area contributed by atoms with Crippen LogP contribution in [-0.4, -0.2) is 24.9 Å². The minimum absolute atomic E-state index is 0.0390. The van der Waals surface area contributed by atoms with E-state index in [9.17, 15) is 5.11 Å². The average molecular weight is 270 g/mol. The van der Waals surface area contributed by atoms with Crippen LogP contribution in [0.4, 0.5) is 0 Å². The third-order valence-corrected chi connectivity index (χ3v) is 2.18. The Morgan fingerprint density at radius 3 is 1.70 bits per heavy atom. The largest absolute Gasteiger partial charge is 0.477 e. The molecule has 0 aliphatic rings. The number of terminal acetylenes is 3. The number of rotatable bonds is 7. The first kappa shape index (κ1) is 15.3. The number of benzene rings is 1. The van der Waals surface area contributed by atoms with Gasteiger partial charge in [-0.3, -0.25) is 0 Å². The van der Waals surface area contributed by atoms with Gasteiger partial charge in [-0.1, -0.05) is 17.8 Å². The highest BCUT2D eigenvalue weighted by Gasteiger charge is 2.15.